The Morgan fingerprint density at radius 1 is 1.57 bits per heavy atom. The number of ether oxygens (including phenoxy) is 1. The van der Waals surface area contributed by atoms with Gasteiger partial charge in [0.15, 0.2) is 0 Å². The molecule has 6 nitrogen and oxygen atoms in total. The molecule has 0 saturated carbocycles. The Kier molecular flexibility index (Phi) is 6.02. The minimum atomic E-state index is -0.247. The van der Waals surface area contributed by atoms with Crippen LogP contribution in [-0.4, -0.2) is 55.1 Å². The van der Waals surface area contributed by atoms with Gasteiger partial charge in [0.2, 0.25) is 0 Å². The fourth-order valence-electron chi connectivity index (χ4n) is 2.26. The van der Waals surface area contributed by atoms with Crippen LogP contribution in [0.1, 0.15) is 12.8 Å². The summed E-state index contributed by atoms with van der Waals surface area (Å²) in [5.41, 5.74) is 0.358. The lowest BCUT2D eigenvalue weighted by atomic mass is 10.0. The average molecular weight is 315 g/mol. The average Bonchev–Trinajstić information content (AvgIpc) is 2.48. The van der Waals surface area contributed by atoms with Crippen molar-refractivity contribution in [3.8, 4) is 0 Å². The molecule has 1 fully saturated rings. The van der Waals surface area contributed by atoms with Crippen LogP contribution in [0.3, 0.4) is 0 Å². The van der Waals surface area contributed by atoms with E-state index in [1.807, 2.05) is 19.0 Å². The molecule has 1 atom stereocenters. The van der Waals surface area contributed by atoms with Crippen molar-refractivity contribution in [1.82, 2.24) is 14.7 Å². The first-order valence-corrected chi connectivity index (χ1v) is 7.67. The van der Waals surface area contributed by atoms with Gasteiger partial charge in [0.1, 0.15) is 5.02 Å². The van der Waals surface area contributed by atoms with E-state index in [4.69, 9.17) is 16.3 Å². The normalized spacial score (nSPS) is 19.0. The Bertz CT molecular complexity index is 512. The van der Waals surface area contributed by atoms with Crippen LogP contribution in [0.2, 0.25) is 5.02 Å². The van der Waals surface area contributed by atoms with Gasteiger partial charge in [0.05, 0.1) is 25.0 Å². The van der Waals surface area contributed by atoms with Crippen molar-refractivity contribution >= 4 is 17.3 Å². The fraction of sp³-hybridized carbons (Fsp3) is 0.714. The maximum atomic E-state index is 12.1. The van der Waals surface area contributed by atoms with Crippen molar-refractivity contribution in [3.05, 3.63) is 21.6 Å². The summed E-state index contributed by atoms with van der Waals surface area (Å²) in [6.45, 7) is 3.64. The van der Waals surface area contributed by atoms with Crippen LogP contribution in [0.4, 0.5) is 5.69 Å². The third-order valence-electron chi connectivity index (χ3n) is 3.58. The van der Waals surface area contributed by atoms with Crippen molar-refractivity contribution in [2.45, 2.75) is 19.4 Å². The van der Waals surface area contributed by atoms with E-state index in [0.717, 1.165) is 39.1 Å². The predicted molar refractivity (Wildman–Crippen MR) is 84.1 cm³/mol. The van der Waals surface area contributed by atoms with Gasteiger partial charge >= 0.3 is 0 Å². The lowest BCUT2D eigenvalue weighted by molar-refractivity contribution is 0.0595. The monoisotopic (exact) mass is 314 g/mol. The summed E-state index contributed by atoms with van der Waals surface area (Å²) in [6.07, 6.45) is 3.85. The number of aromatic nitrogens is 2. The van der Waals surface area contributed by atoms with Gasteiger partial charge in [-0.05, 0) is 32.9 Å². The number of hydrogen-bond acceptors (Lipinski definition) is 5. The van der Waals surface area contributed by atoms with E-state index in [1.54, 1.807) is 6.20 Å². The van der Waals surface area contributed by atoms with Gasteiger partial charge in [-0.25, -0.2) is 4.68 Å². The van der Waals surface area contributed by atoms with Gasteiger partial charge in [0, 0.05) is 19.7 Å². The number of anilines is 1. The number of rotatable bonds is 6. The van der Waals surface area contributed by atoms with Gasteiger partial charge in [-0.15, -0.1) is 0 Å². The molecule has 0 radical (unpaired) electrons. The Hall–Kier alpha value is -1.11. The van der Waals surface area contributed by atoms with Gasteiger partial charge in [-0.2, -0.15) is 5.10 Å². The fourth-order valence-corrected chi connectivity index (χ4v) is 2.48. The van der Waals surface area contributed by atoms with Crippen LogP contribution < -0.4 is 10.9 Å². The Balaban J connectivity index is 1.97. The molecular weight excluding hydrogens is 292 g/mol. The number of likely N-dealkylation sites (N-methyl/N-ethyl adjacent to an activating group) is 1. The molecule has 118 valence electrons. The van der Waals surface area contributed by atoms with Crippen molar-refractivity contribution in [2.24, 2.45) is 5.92 Å². The van der Waals surface area contributed by atoms with Crippen molar-refractivity contribution in [2.75, 3.05) is 45.7 Å². The van der Waals surface area contributed by atoms with Crippen LogP contribution in [-0.2, 0) is 11.3 Å². The molecule has 1 aromatic rings. The summed E-state index contributed by atoms with van der Waals surface area (Å²) in [4.78, 5) is 14.1. The quantitative estimate of drug-likeness (QED) is 0.857. The zero-order chi connectivity index (χ0) is 15.2. The molecule has 1 aromatic heterocycles. The highest BCUT2D eigenvalue weighted by atomic mass is 35.5. The zero-order valence-corrected chi connectivity index (χ0v) is 13.4. The molecule has 2 heterocycles. The molecule has 1 N–H and O–H groups in total. The largest absolute Gasteiger partial charge is 0.382 e. The van der Waals surface area contributed by atoms with Gasteiger partial charge in [-0.1, -0.05) is 11.6 Å². The van der Waals surface area contributed by atoms with E-state index in [1.165, 1.54) is 4.68 Å². The lowest BCUT2D eigenvalue weighted by Gasteiger charge is -2.22. The Labute approximate surface area is 130 Å². The minimum absolute atomic E-state index is 0.209. The second-order valence-electron chi connectivity index (χ2n) is 5.67. The van der Waals surface area contributed by atoms with E-state index in [2.05, 4.69) is 10.4 Å². The Morgan fingerprint density at radius 3 is 3.05 bits per heavy atom. The highest BCUT2D eigenvalue weighted by Crippen LogP contribution is 2.18. The maximum absolute atomic E-state index is 12.1. The highest BCUT2D eigenvalue weighted by molar-refractivity contribution is 6.32. The third kappa shape index (κ3) is 4.69. The standard InChI is InChI=1S/C14H23ClN4O2/c1-18(2)5-6-19-14(20)13(15)12(9-17-19)16-8-11-4-3-7-21-10-11/h9,11,16H,3-8,10H2,1-2H3. The van der Waals surface area contributed by atoms with Crippen LogP contribution in [0.15, 0.2) is 11.0 Å². The van der Waals surface area contributed by atoms with Gasteiger partial charge in [0.25, 0.3) is 5.56 Å². The molecule has 1 saturated heterocycles. The molecule has 1 aliphatic rings. The first kappa shape index (κ1) is 16.3. The molecular formula is C14H23ClN4O2. The van der Waals surface area contributed by atoms with E-state index in [0.29, 0.717) is 18.2 Å². The van der Waals surface area contributed by atoms with E-state index in [-0.39, 0.29) is 10.6 Å². The SMILES string of the molecule is CN(C)CCn1ncc(NCC2CCCOC2)c(Cl)c1=O. The number of nitrogens with zero attached hydrogens (tertiary/aromatic N) is 3. The summed E-state index contributed by atoms with van der Waals surface area (Å²) >= 11 is 6.15. The number of halogens is 1. The van der Waals surface area contributed by atoms with E-state index >= 15 is 0 Å². The summed E-state index contributed by atoms with van der Waals surface area (Å²) < 4.78 is 6.84. The molecule has 0 aromatic carbocycles. The molecule has 0 aliphatic carbocycles. The summed E-state index contributed by atoms with van der Waals surface area (Å²) in [5.74, 6) is 0.464. The van der Waals surface area contributed by atoms with Crippen molar-refractivity contribution in [3.63, 3.8) is 0 Å². The topological polar surface area (TPSA) is 59.4 Å². The molecule has 0 bridgehead atoms. The van der Waals surface area contributed by atoms with Crippen LogP contribution in [0.25, 0.3) is 0 Å². The zero-order valence-electron chi connectivity index (χ0n) is 12.6. The molecule has 0 spiro atoms. The summed E-state index contributed by atoms with van der Waals surface area (Å²) in [7, 11) is 3.91. The van der Waals surface area contributed by atoms with E-state index in [9.17, 15) is 4.79 Å². The molecule has 21 heavy (non-hydrogen) atoms. The summed E-state index contributed by atoms with van der Waals surface area (Å²) in [6, 6.07) is 0. The number of nitrogens with one attached hydrogen (secondary N) is 1. The van der Waals surface area contributed by atoms with Crippen LogP contribution >= 0.6 is 11.6 Å². The predicted octanol–water partition coefficient (Wildman–Crippen LogP) is 1.30. The Morgan fingerprint density at radius 2 is 2.38 bits per heavy atom. The first-order valence-electron chi connectivity index (χ1n) is 7.30. The molecule has 1 unspecified atom stereocenters. The van der Waals surface area contributed by atoms with Crippen LogP contribution in [0.5, 0.6) is 0 Å². The molecule has 1 aliphatic heterocycles. The first-order chi connectivity index (χ1) is 10.1. The molecule has 2 rings (SSSR count). The van der Waals surface area contributed by atoms with Crippen LogP contribution in [0, 0.1) is 5.92 Å². The number of hydrogen-bond donors (Lipinski definition) is 1. The molecule has 0 amide bonds. The highest BCUT2D eigenvalue weighted by Gasteiger charge is 2.15. The van der Waals surface area contributed by atoms with Crippen molar-refractivity contribution in [1.29, 1.82) is 0 Å². The smallest absolute Gasteiger partial charge is 0.287 e. The van der Waals surface area contributed by atoms with E-state index < -0.39 is 0 Å². The molecule has 7 heteroatoms. The second kappa shape index (κ2) is 7.77. The second-order valence-corrected chi connectivity index (χ2v) is 6.05. The van der Waals surface area contributed by atoms with Gasteiger partial charge in [-0.3, -0.25) is 4.79 Å². The maximum Gasteiger partial charge on any atom is 0.287 e. The third-order valence-corrected chi connectivity index (χ3v) is 3.94. The minimum Gasteiger partial charge on any atom is -0.382 e. The lowest BCUT2D eigenvalue weighted by Crippen LogP contribution is -2.30. The van der Waals surface area contributed by atoms with Gasteiger partial charge < -0.3 is 15.0 Å². The van der Waals surface area contributed by atoms with Crippen molar-refractivity contribution < 1.29 is 4.74 Å². The summed E-state index contributed by atoms with van der Waals surface area (Å²) in [5, 5.41) is 7.60.